The van der Waals surface area contributed by atoms with Crippen LogP contribution in [0.15, 0.2) is 30.3 Å². The summed E-state index contributed by atoms with van der Waals surface area (Å²) in [6, 6.07) is 9.08. The lowest BCUT2D eigenvalue weighted by atomic mass is 9.74. The summed E-state index contributed by atoms with van der Waals surface area (Å²) in [4.78, 5) is 24.1. The van der Waals surface area contributed by atoms with E-state index in [2.05, 4.69) is 21.3 Å². The van der Waals surface area contributed by atoms with E-state index in [0.717, 1.165) is 61.5 Å². The van der Waals surface area contributed by atoms with Gasteiger partial charge in [0, 0.05) is 35.8 Å². The van der Waals surface area contributed by atoms with Gasteiger partial charge in [-0.15, -0.1) is 0 Å². The minimum Gasteiger partial charge on any atom is -0.448 e. The summed E-state index contributed by atoms with van der Waals surface area (Å²) in [5.41, 5.74) is 2.80. The third-order valence-electron chi connectivity index (χ3n) is 7.59. The lowest BCUT2D eigenvalue weighted by Crippen LogP contribution is -2.54. The standard InChI is InChI=1S/C26H33FN4O2/c1-17-28-24(18-7-9-20(27)10-8-18)14-25(29-17)23-15-31-12-11-19(23)13-22(31)16-33-26(32)30-21-5-3-2-4-6-21/h7-10,14,19,21-23H,2-6,11-13,15-16H2,1H3,(H,30,32)/t19-,22+,23+/m0/s1. The summed E-state index contributed by atoms with van der Waals surface area (Å²) in [5.74, 6) is 1.35. The molecule has 2 bridgehead atoms. The Hall–Kier alpha value is -2.54. The van der Waals surface area contributed by atoms with Crippen LogP contribution in [0, 0.1) is 18.7 Å². The molecule has 4 fully saturated rings. The third kappa shape index (κ3) is 5.18. The number of alkyl carbamates (subject to hydrolysis) is 1. The summed E-state index contributed by atoms with van der Waals surface area (Å²) in [6.07, 6.45) is 7.65. The first-order valence-corrected chi connectivity index (χ1v) is 12.3. The van der Waals surface area contributed by atoms with Gasteiger partial charge in [0.1, 0.15) is 18.2 Å². The first-order valence-electron chi connectivity index (χ1n) is 12.3. The molecule has 2 aromatic rings. The second-order valence-electron chi connectivity index (χ2n) is 9.85. The molecule has 7 heteroatoms. The second-order valence-corrected chi connectivity index (χ2v) is 9.85. The molecule has 3 aliphatic heterocycles. The highest BCUT2D eigenvalue weighted by molar-refractivity contribution is 5.67. The first-order chi connectivity index (χ1) is 16.0. The van der Waals surface area contributed by atoms with Crippen LogP contribution in [0.25, 0.3) is 11.3 Å². The Morgan fingerprint density at radius 1 is 1.15 bits per heavy atom. The maximum Gasteiger partial charge on any atom is 0.407 e. The number of ether oxygens (including phenoxy) is 1. The molecule has 33 heavy (non-hydrogen) atoms. The van der Waals surface area contributed by atoms with E-state index >= 15 is 0 Å². The number of carbonyl (C=O) groups excluding carboxylic acids is 1. The summed E-state index contributed by atoms with van der Waals surface area (Å²) in [6.45, 7) is 4.32. The van der Waals surface area contributed by atoms with Crippen molar-refractivity contribution < 1.29 is 13.9 Å². The van der Waals surface area contributed by atoms with E-state index in [0.29, 0.717) is 18.4 Å². The van der Waals surface area contributed by atoms with Gasteiger partial charge in [-0.05, 0) is 75.4 Å². The average Bonchev–Trinajstić information content (AvgIpc) is 2.84. The third-order valence-corrected chi connectivity index (χ3v) is 7.59. The van der Waals surface area contributed by atoms with Crippen molar-refractivity contribution >= 4 is 6.09 Å². The number of carbonyl (C=O) groups is 1. The molecule has 1 aromatic heterocycles. The van der Waals surface area contributed by atoms with E-state index in [9.17, 15) is 9.18 Å². The Morgan fingerprint density at radius 2 is 1.94 bits per heavy atom. The summed E-state index contributed by atoms with van der Waals surface area (Å²) < 4.78 is 19.0. The number of halogens is 1. The highest BCUT2D eigenvalue weighted by atomic mass is 19.1. The van der Waals surface area contributed by atoms with Gasteiger partial charge < -0.3 is 10.1 Å². The van der Waals surface area contributed by atoms with E-state index in [-0.39, 0.29) is 24.0 Å². The van der Waals surface area contributed by atoms with Gasteiger partial charge in [-0.2, -0.15) is 0 Å². The molecular formula is C26H33FN4O2. The summed E-state index contributed by atoms with van der Waals surface area (Å²) in [5, 5.41) is 3.05. The van der Waals surface area contributed by atoms with Gasteiger partial charge in [0.15, 0.2) is 0 Å². The van der Waals surface area contributed by atoms with Crippen molar-refractivity contribution in [2.45, 2.75) is 69.9 Å². The number of nitrogens with one attached hydrogen (secondary N) is 1. The van der Waals surface area contributed by atoms with Gasteiger partial charge in [-0.3, -0.25) is 4.90 Å². The molecule has 1 aliphatic carbocycles. The van der Waals surface area contributed by atoms with Gasteiger partial charge >= 0.3 is 6.09 Å². The Bertz CT molecular complexity index is 977. The number of nitrogens with zero attached hydrogens (tertiary/aromatic N) is 3. The van der Waals surface area contributed by atoms with Crippen LogP contribution >= 0.6 is 0 Å². The van der Waals surface area contributed by atoms with Crippen molar-refractivity contribution in [2.24, 2.45) is 5.92 Å². The Morgan fingerprint density at radius 3 is 2.67 bits per heavy atom. The first kappa shape index (κ1) is 22.3. The lowest BCUT2D eigenvalue weighted by Gasteiger charge is -2.49. The zero-order valence-electron chi connectivity index (χ0n) is 19.3. The normalized spacial score (nSPS) is 27.3. The molecule has 6 nitrogen and oxygen atoms in total. The highest BCUT2D eigenvalue weighted by Crippen LogP contribution is 2.42. The van der Waals surface area contributed by atoms with E-state index in [1.807, 2.05) is 6.92 Å². The molecule has 4 atom stereocenters. The number of hydrogen-bond acceptors (Lipinski definition) is 5. The van der Waals surface area contributed by atoms with Gasteiger partial charge in [-0.25, -0.2) is 19.2 Å². The van der Waals surface area contributed by atoms with Crippen molar-refractivity contribution in [3.8, 4) is 11.3 Å². The maximum atomic E-state index is 13.3. The largest absolute Gasteiger partial charge is 0.448 e. The van der Waals surface area contributed by atoms with Crippen LogP contribution in [0.5, 0.6) is 0 Å². The van der Waals surface area contributed by atoms with Gasteiger partial charge in [-0.1, -0.05) is 19.3 Å². The van der Waals surface area contributed by atoms with E-state index in [1.54, 1.807) is 12.1 Å². The predicted octanol–water partition coefficient (Wildman–Crippen LogP) is 4.83. The van der Waals surface area contributed by atoms with E-state index < -0.39 is 0 Å². The number of aromatic nitrogens is 2. The van der Waals surface area contributed by atoms with Crippen LogP contribution in [0.4, 0.5) is 9.18 Å². The van der Waals surface area contributed by atoms with Crippen LogP contribution < -0.4 is 5.32 Å². The monoisotopic (exact) mass is 452 g/mol. The smallest absolute Gasteiger partial charge is 0.407 e. The quantitative estimate of drug-likeness (QED) is 0.704. The van der Waals surface area contributed by atoms with E-state index in [4.69, 9.17) is 9.72 Å². The molecule has 6 rings (SSSR count). The molecule has 1 aromatic carbocycles. The molecule has 0 spiro atoms. The summed E-state index contributed by atoms with van der Waals surface area (Å²) >= 11 is 0. The van der Waals surface area contributed by atoms with Gasteiger partial charge in [0.25, 0.3) is 0 Å². The van der Waals surface area contributed by atoms with Gasteiger partial charge in [0.2, 0.25) is 0 Å². The molecule has 4 heterocycles. The maximum absolute atomic E-state index is 13.3. The minimum atomic E-state index is -0.267. The zero-order chi connectivity index (χ0) is 22.8. The average molecular weight is 453 g/mol. The van der Waals surface area contributed by atoms with Crippen molar-refractivity contribution in [2.75, 3.05) is 19.7 Å². The number of hydrogen-bond donors (Lipinski definition) is 1. The van der Waals surface area contributed by atoms with Crippen LogP contribution in [-0.4, -0.2) is 52.7 Å². The summed E-state index contributed by atoms with van der Waals surface area (Å²) in [7, 11) is 0. The molecule has 1 amide bonds. The van der Waals surface area contributed by atoms with Crippen molar-refractivity contribution in [1.82, 2.24) is 20.2 Å². The SMILES string of the molecule is Cc1nc(-c2ccc(F)cc2)cc([C@@H]2CN3CC[C@H]2C[C@@H]3COC(=O)NC2CCCCC2)n1. The molecule has 1 unspecified atom stereocenters. The molecule has 4 aliphatic rings. The fourth-order valence-corrected chi connectivity index (χ4v) is 5.82. The second kappa shape index (κ2) is 9.75. The number of aryl methyl sites for hydroxylation is 1. The fourth-order valence-electron chi connectivity index (χ4n) is 5.82. The molecule has 176 valence electrons. The Kier molecular flexibility index (Phi) is 6.58. The number of fused-ring (bicyclic) bond motifs is 3. The van der Waals surface area contributed by atoms with E-state index in [1.165, 1.54) is 31.4 Å². The van der Waals surface area contributed by atoms with Crippen LogP contribution in [-0.2, 0) is 4.74 Å². The fraction of sp³-hybridized carbons (Fsp3) is 0.577. The number of benzene rings is 1. The van der Waals surface area contributed by atoms with Crippen molar-refractivity contribution in [3.05, 3.63) is 47.7 Å². The highest BCUT2D eigenvalue weighted by Gasteiger charge is 2.42. The molecule has 0 radical (unpaired) electrons. The Labute approximate surface area is 194 Å². The van der Waals surface area contributed by atoms with Crippen molar-refractivity contribution in [1.29, 1.82) is 0 Å². The molecule has 3 saturated heterocycles. The van der Waals surface area contributed by atoms with Gasteiger partial charge in [0.05, 0.1) is 5.69 Å². The number of amides is 1. The zero-order valence-corrected chi connectivity index (χ0v) is 19.3. The minimum absolute atomic E-state index is 0.247. The van der Waals surface area contributed by atoms with Crippen LogP contribution in [0.2, 0.25) is 0 Å². The molecule has 1 saturated carbocycles. The topological polar surface area (TPSA) is 67.4 Å². The number of rotatable bonds is 5. The molecule has 1 N–H and O–H groups in total. The molecular weight excluding hydrogens is 419 g/mol. The van der Waals surface area contributed by atoms with Crippen LogP contribution in [0.3, 0.4) is 0 Å². The number of piperidine rings is 3. The van der Waals surface area contributed by atoms with Crippen molar-refractivity contribution in [3.63, 3.8) is 0 Å². The van der Waals surface area contributed by atoms with Crippen LogP contribution in [0.1, 0.15) is 62.4 Å². The predicted molar refractivity (Wildman–Crippen MR) is 124 cm³/mol. The lowest BCUT2D eigenvalue weighted by molar-refractivity contribution is -0.00403. The Balaban J connectivity index is 1.21.